The monoisotopic (exact) mass is 570 g/mol. The van der Waals surface area contributed by atoms with Crippen LogP contribution in [-0.4, -0.2) is 61.6 Å². The predicted octanol–water partition coefficient (Wildman–Crippen LogP) is 4.83. The van der Waals surface area contributed by atoms with Crippen LogP contribution in [0.15, 0.2) is 18.2 Å². The standard InChI is InChI=1S/C25H38Cl2N3O4Si2/c1-15(25(3,4)24(33-35-5)34-36-6)14-32-20-12-17(11-18(26)13-20)23-29-21(27)16(2)22(30-23)28-19-7-9-31-10-8-19/h11-13,15,19,24H,1,7-10,14,35-36H2,2-6H3,(H,28,29,30). The summed E-state index contributed by atoms with van der Waals surface area (Å²) in [5.41, 5.74) is 1.25. The van der Waals surface area contributed by atoms with E-state index in [0.717, 1.165) is 43.0 Å². The largest absolute Gasteiger partial charge is 0.493 e. The lowest BCUT2D eigenvalue weighted by Crippen LogP contribution is -2.42. The fourth-order valence-electron chi connectivity index (χ4n) is 3.95. The van der Waals surface area contributed by atoms with E-state index in [4.69, 9.17) is 46.5 Å². The molecule has 1 fully saturated rings. The van der Waals surface area contributed by atoms with Gasteiger partial charge in [0.1, 0.15) is 23.0 Å². The Morgan fingerprint density at radius 3 is 2.44 bits per heavy atom. The van der Waals surface area contributed by atoms with E-state index in [1.54, 1.807) is 6.07 Å². The van der Waals surface area contributed by atoms with Crippen LogP contribution in [0.2, 0.25) is 23.3 Å². The molecule has 2 aromatic rings. The highest BCUT2D eigenvalue weighted by Gasteiger charge is 2.36. The van der Waals surface area contributed by atoms with E-state index < -0.39 is 19.5 Å². The van der Waals surface area contributed by atoms with E-state index >= 15 is 0 Å². The zero-order chi connectivity index (χ0) is 26.3. The average molecular weight is 572 g/mol. The van der Waals surface area contributed by atoms with Gasteiger partial charge in [-0.15, -0.1) is 0 Å². The lowest BCUT2D eigenvalue weighted by Gasteiger charge is -2.39. The first kappa shape index (κ1) is 29.4. The van der Waals surface area contributed by atoms with Crippen LogP contribution in [0.1, 0.15) is 32.3 Å². The van der Waals surface area contributed by atoms with E-state index in [0.29, 0.717) is 28.4 Å². The molecule has 1 radical (unpaired) electrons. The maximum Gasteiger partial charge on any atom is 0.163 e. The van der Waals surface area contributed by atoms with Crippen LogP contribution in [0.25, 0.3) is 11.4 Å². The van der Waals surface area contributed by atoms with Gasteiger partial charge in [-0.1, -0.05) is 50.1 Å². The first-order chi connectivity index (χ1) is 17.1. The predicted molar refractivity (Wildman–Crippen MR) is 153 cm³/mol. The van der Waals surface area contributed by atoms with E-state index in [1.165, 1.54) is 0 Å². The van der Waals surface area contributed by atoms with Crippen LogP contribution in [0, 0.1) is 25.2 Å². The van der Waals surface area contributed by atoms with Crippen LogP contribution < -0.4 is 10.1 Å². The molecule has 1 aliphatic rings. The van der Waals surface area contributed by atoms with Crippen LogP contribution in [-0.2, 0) is 13.6 Å². The maximum absolute atomic E-state index is 6.49. The van der Waals surface area contributed by atoms with Crippen molar-refractivity contribution < 1.29 is 18.3 Å². The molecular weight excluding hydrogens is 533 g/mol. The number of anilines is 1. The lowest BCUT2D eigenvalue weighted by atomic mass is 9.80. The third-order valence-electron chi connectivity index (χ3n) is 6.53. The maximum atomic E-state index is 6.49. The Morgan fingerprint density at radius 2 is 1.81 bits per heavy atom. The molecule has 11 heteroatoms. The quantitative estimate of drug-likeness (QED) is 0.222. The van der Waals surface area contributed by atoms with Gasteiger partial charge in [0, 0.05) is 46.7 Å². The molecule has 1 aromatic heterocycles. The van der Waals surface area contributed by atoms with Gasteiger partial charge in [-0.05, 0) is 44.9 Å². The van der Waals surface area contributed by atoms with Crippen molar-refractivity contribution in [2.45, 2.75) is 59.0 Å². The van der Waals surface area contributed by atoms with Crippen LogP contribution in [0.4, 0.5) is 5.82 Å². The molecule has 0 bridgehead atoms. The Balaban J connectivity index is 1.78. The molecule has 36 heavy (non-hydrogen) atoms. The Hall–Kier alpha value is -1.21. The first-order valence-electron chi connectivity index (χ1n) is 12.5. The molecule has 1 atom stereocenters. The van der Waals surface area contributed by atoms with Crippen molar-refractivity contribution in [3.8, 4) is 17.1 Å². The second-order valence-corrected chi connectivity index (χ2v) is 12.2. The zero-order valence-corrected chi connectivity index (χ0v) is 26.2. The lowest BCUT2D eigenvalue weighted by molar-refractivity contribution is -0.102. The zero-order valence-electron chi connectivity index (χ0n) is 21.9. The molecule has 0 spiro atoms. The van der Waals surface area contributed by atoms with Crippen LogP contribution in [0.3, 0.4) is 0 Å². The van der Waals surface area contributed by atoms with Gasteiger partial charge in [-0.3, -0.25) is 0 Å². The second-order valence-electron chi connectivity index (χ2n) is 9.59. The minimum absolute atomic E-state index is 0.0635. The van der Waals surface area contributed by atoms with Crippen molar-refractivity contribution in [3.63, 3.8) is 0 Å². The molecule has 0 aliphatic carbocycles. The Labute approximate surface area is 229 Å². The number of ether oxygens (including phenoxy) is 2. The molecule has 1 aliphatic heterocycles. The third-order valence-corrected chi connectivity index (χ3v) is 8.38. The molecule has 0 amide bonds. The van der Waals surface area contributed by atoms with Crippen molar-refractivity contribution >= 4 is 48.5 Å². The van der Waals surface area contributed by atoms with Crippen LogP contribution >= 0.6 is 23.2 Å². The van der Waals surface area contributed by atoms with Crippen molar-refractivity contribution in [1.29, 1.82) is 0 Å². The topological polar surface area (TPSA) is 74.7 Å². The van der Waals surface area contributed by atoms with Gasteiger partial charge in [0.15, 0.2) is 25.4 Å². The number of hydrogen-bond donors (Lipinski definition) is 1. The molecule has 2 heterocycles. The fraction of sp³-hybridized carbons (Fsp3) is 0.560. The van der Waals surface area contributed by atoms with Crippen molar-refractivity contribution in [1.82, 2.24) is 9.97 Å². The second kappa shape index (κ2) is 13.5. The van der Waals surface area contributed by atoms with Crippen molar-refractivity contribution in [2.24, 2.45) is 11.3 Å². The Kier molecular flexibility index (Phi) is 11.0. The summed E-state index contributed by atoms with van der Waals surface area (Å²) in [7, 11) is -1.23. The Morgan fingerprint density at radius 1 is 1.14 bits per heavy atom. The number of nitrogens with one attached hydrogen (secondary N) is 1. The SMILES string of the molecule is [CH2]C(COc1cc(Cl)cc(-c2nc(Cl)c(C)c(NC3CCOCC3)n2)c1)C(C)(C)C(O[SiH2]C)O[SiH2]C. The van der Waals surface area contributed by atoms with Gasteiger partial charge in [-0.2, -0.15) is 0 Å². The summed E-state index contributed by atoms with van der Waals surface area (Å²) in [5.74, 6) is 1.77. The first-order valence-corrected chi connectivity index (χ1v) is 17.3. The number of hydrogen-bond acceptors (Lipinski definition) is 7. The van der Waals surface area contributed by atoms with Crippen molar-refractivity contribution in [2.75, 3.05) is 25.1 Å². The minimum Gasteiger partial charge on any atom is -0.493 e. The molecule has 7 nitrogen and oxygen atoms in total. The molecule has 1 unspecified atom stereocenters. The van der Waals surface area contributed by atoms with Gasteiger partial charge in [0.2, 0.25) is 0 Å². The minimum atomic E-state index is -0.614. The number of rotatable bonds is 12. The Bertz CT molecular complexity index is 1000. The number of aromatic nitrogens is 2. The van der Waals surface area contributed by atoms with Gasteiger partial charge < -0.3 is 23.6 Å². The molecule has 3 rings (SSSR count). The molecule has 1 aromatic carbocycles. The molecule has 1 saturated heterocycles. The molecule has 199 valence electrons. The third kappa shape index (κ3) is 7.66. The number of nitrogens with zero attached hydrogens (tertiary/aromatic N) is 2. The van der Waals surface area contributed by atoms with Gasteiger partial charge in [0.25, 0.3) is 0 Å². The summed E-state index contributed by atoms with van der Waals surface area (Å²) in [6.45, 7) is 16.6. The molecule has 1 N–H and O–H groups in total. The van der Waals surface area contributed by atoms with Crippen LogP contribution in [0.5, 0.6) is 5.75 Å². The molecule has 0 saturated carbocycles. The highest BCUT2D eigenvalue weighted by Crippen LogP contribution is 2.35. The van der Waals surface area contributed by atoms with E-state index in [9.17, 15) is 0 Å². The summed E-state index contributed by atoms with van der Waals surface area (Å²) < 4.78 is 23.6. The van der Waals surface area contributed by atoms with Gasteiger partial charge in [0.05, 0.1) is 6.61 Å². The van der Waals surface area contributed by atoms with E-state index in [1.807, 2.05) is 19.1 Å². The molecular formula is C25H38Cl2N3O4Si2. The summed E-state index contributed by atoms with van der Waals surface area (Å²) in [6.07, 6.45) is 1.59. The van der Waals surface area contributed by atoms with Gasteiger partial charge >= 0.3 is 0 Å². The van der Waals surface area contributed by atoms with E-state index in [-0.39, 0.29) is 23.7 Å². The normalized spacial score (nSPS) is 17.2. The summed E-state index contributed by atoms with van der Waals surface area (Å²) in [4.78, 5) is 9.29. The van der Waals surface area contributed by atoms with Crippen molar-refractivity contribution in [3.05, 3.63) is 40.9 Å². The summed E-state index contributed by atoms with van der Waals surface area (Å²) in [5, 5.41) is 4.44. The summed E-state index contributed by atoms with van der Waals surface area (Å²) >= 11 is 13.0. The van der Waals surface area contributed by atoms with E-state index in [2.05, 4.69) is 44.2 Å². The number of benzene rings is 1. The average Bonchev–Trinajstić information content (AvgIpc) is 2.85. The summed E-state index contributed by atoms with van der Waals surface area (Å²) in [6, 6.07) is 5.76. The smallest absolute Gasteiger partial charge is 0.163 e. The highest BCUT2D eigenvalue weighted by atomic mass is 35.5. The highest BCUT2D eigenvalue weighted by molar-refractivity contribution is 6.31. The fourth-order valence-corrected chi connectivity index (χ4v) is 6.20. The van der Waals surface area contributed by atoms with Gasteiger partial charge in [-0.25, -0.2) is 9.97 Å². The number of halogens is 2.